The average Bonchev–Trinajstić information content (AvgIpc) is 3.05. The van der Waals surface area contributed by atoms with E-state index in [1.807, 2.05) is 12.1 Å². The Labute approximate surface area is 141 Å². The van der Waals surface area contributed by atoms with E-state index in [-0.39, 0.29) is 12.0 Å². The van der Waals surface area contributed by atoms with Crippen LogP contribution in [0.4, 0.5) is 0 Å². The number of likely N-dealkylation sites (tertiary alicyclic amines) is 1. The monoisotopic (exact) mass is 336 g/mol. The lowest BCUT2D eigenvalue weighted by Gasteiger charge is -2.38. The van der Waals surface area contributed by atoms with Crippen molar-refractivity contribution in [3.05, 3.63) is 53.2 Å². The summed E-state index contributed by atoms with van der Waals surface area (Å²) < 4.78 is 6.71. The quantitative estimate of drug-likeness (QED) is 0.734. The van der Waals surface area contributed by atoms with E-state index in [4.69, 9.17) is 10.00 Å². The van der Waals surface area contributed by atoms with Crippen LogP contribution in [0.25, 0.3) is 10.2 Å². The molecule has 1 aliphatic heterocycles. The smallest absolute Gasteiger partial charge is 0.254 e. The Hall–Kier alpha value is -2.98. The minimum Gasteiger partial charge on any atom is -0.470 e. The van der Waals surface area contributed by atoms with Gasteiger partial charge in [-0.3, -0.25) is 4.79 Å². The third kappa shape index (κ3) is 2.57. The zero-order valence-corrected chi connectivity index (χ0v) is 13.4. The van der Waals surface area contributed by atoms with Crippen LogP contribution >= 0.6 is 11.3 Å². The molecule has 0 N–H and O–H groups in total. The van der Waals surface area contributed by atoms with Gasteiger partial charge < -0.3 is 9.64 Å². The molecular formula is C17H12N4O2S. The van der Waals surface area contributed by atoms with Gasteiger partial charge in [0, 0.05) is 11.8 Å². The van der Waals surface area contributed by atoms with E-state index < -0.39 is 0 Å². The van der Waals surface area contributed by atoms with Gasteiger partial charge in [-0.2, -0.15) is 5.26 Å². The summed E-state index contributed by atoms with van der Waals surface area (Å²) in [5, 5.41) is 9.04. The number of aromatic nitrogens is 2. The normalized spacial score (nSPS) is 14.2. The Kier molecular flexibility index (Phi) is 3.59. The van der Waals surface area contributed by atoms with Crippen LogP contribution in [-0.4, -0.2) is 40.0 Å². The summed E-state index contributed by atoms with van der Waals surface area (Å²) >= 11 is 1.52. The lowest BCUT2D eigenvalue weighted by atomic mass is 10.1. The number of rotatable bonds is 3. The Morgan fingerprint density at radius 1 is 1.33 bits per heavy atom. The van der Waals surface area contributed by atoms with Gasteiger partial charge in [-0.05, 0) is 30.3 Å². The number of thiazole rings is 1. The molecule has 3 heterocycles. The number of ether oxygens (including phenoxy) is 1. The van der Waals surface area contributed by atoms with Crippen LogP contribution in [0.1, 0.15) is 15.9 Å². The summed E-state index contributed by atoms with van der Waals surface area (Å²) in [6.07, 6.45) is 1.45. The molecule has 0 saturated carbocycles. The largest absolute Gasteiger partial charge is 0.470 e. The van der Waals surface area contributed by atoms with Crippen molar-refractivity contribution in [2.45, 2.75) is 6.10 Å². The molecule has 6 nitrogen and oxygen atoms in total. The summed E-state index contributed by atoms with van der Waals surface area (Å²) in [6, 6.07) is 10.9. The van der Waals surface area contributed by atoms with E-state index in [0.29, 0.717) is 30.1 Å². The van der Waals surface area contributed by atoms with Crippen molar-refractivity contribution in [3.8, 4) is 11.9 Å². The van der Waals surface area contributed by atoms with Gasteiger partial charge in [0.2, 0.25) is 5.88 Å². The molecule has 1 aromatic carbocycles. The highest BCUT2D eigenvalue weighted by molar-refractivity contribution is 7.16. The Morgan fingerprint density at radius 3 is 3.04 bits per heavy atom. The average molecular weight is 336 g/mol. The zero-order valence-electron chi connectivity index (χ0n) is 12.5. The van der Waals surface area contributed by atoms with Gasteiger partial charge in [0.1, 0.15) is 17.7 Å². The predicted octanol–water partition coefficient (Wildman–Crippen LogP) is 2.47. The Bertz CT molecular complexity index is 956. The van der Waals surface area contributed by atoms with Crippen molar-refractivity contribution in [1.82, 2.24) is 14.9 Å². The molecule has 1 aliphatic rings. The van der Waals surface area contributed by atoms with Crippen LogP contribution in [0, 0.1) is 11.3 Å². The number of carbonyl (C=O) groups is 1. The topological polar surface area (TPSA) is 79.1 Å². The van der Waals surface area contributed by atoms with Crippen molar-refractivity contribution in [1.29, 1.82) is 5.26 Å². The van der Waals surface area contributed by atoms with Gasteiger partial charge >= 0.3 is 0 Å². The molecule has 0 spiro atoms. The summed E-state index contributed by atoms with van der Waals surface area (Å²) in [5.74, 6) is 0.301. The molecule has 0 aliphatic carbocycles. The number of nitriles is 1. The van der Waals surface area contributed by atoms with E-state index in [9.17, 15) is 4.79 Å². The number of hydrogen-bond donors (Lipinski definition) is 0. The number of amides is 1. The minimum atomic E-state index is -0.136. The van der Waals surface area contributed by atoms with Crippen molar-refractivity contribution >= 4 is 27.5 Å². The van der Waals surface area contributed by atoms with Crippen molar-refractivity contribution in [3.63, 3.8) is 0 Å². The Morgan fingerprint density at radius 2 is 2.21 bits per heavy atom. The van der Waals surface area contributed by atoms with Crippen molar-refractivity contribution in [2.24, 2.45) is 0 Å². The SMILES string of the molecule is N#Cc1cccnc1OC1CN(C(=O)c2ccc3ncsc3c2)C1. The molecule has 7 heteroatoms. The van der Waals surface area contributed by atoms with Crippen LogP contribution in [0.3, 0.4) is 0 Å². The van der Waals surface area contributed by atoms with E-state index in [2.05, 4.69) is 16.0 Å². The maximum absolute atomic E-state index is 12.5. The van der Waals surface area contributed by atoms with E-state index in [0.717, 1.165) is 10.2 Å². The molecule has 2 aromatic heterocycles. The fraction of sp³-hybridized carbons (Fsp3) is 0.176. The predicted molar refractivity (Wildman–Crippen MR) is 88.9 cm³/mol. The first-order valence-corrected chi connectivity index (χ1v) is 8.27. The third-order valence-electron chi connectivity index (χ3n) is 3.88. The van der Waals surface area contributed by atoms with Gasteiger partial charge in [0.25, 0.3) is 5.91 Å². The highest BCUT2D eigenvalue weighted by Gasteiger charge is 2.33. The molecule has 0 bridgehead atoms. The first-order valence-electron chi connectivity index (χ1n) is 7.39. The lowest BCUT2D eigenvalue weighted by Crippen LogP contribution is -2.56. The maximum Gasteiger partial charge on any atom is 0.254 e. The molecule has 3 aromatic rings. The molecule has 24 heavy (non-hydrogen) atoms. The third-order valence-corrected chi connectivity index (χ3v) is 4.68. The number of benzene rings is 1. The first kappa shape index (κ1) is 14.6. The summed E-state index contributed by atoms with van der Waals surface area (Å²) in [7, 11) is 0. The van der Waals surface area contributed by atoms with Gasteiger partial charge in [0.05, 0.1) is 28.8 Å². The number of nitrogens with zero attached hydrogens (tertiary/aromatic N) is 4. The number of carbonyl (C=O) groups excluding carboxylic acids is 1. The van der Waals surface area contributed by atoms with Gasteiger partial charge in [0.15, 0.2) is 0 Å². The van der Waals surface area contributed by atoms with Gasteiger partial charge in [-0.15, -0.1) is 11.3 Å². The molecule has 1 fully saturated rings. The Balaban J connectivity index is 1.41. The molecule has 1 amide bonds. The van der Waals surface area contributed by atoms with Gasteiger partial charge in [-0.1, -0.05) is 0 Å². The molecule has 0 atom stereocenters. The second kappa shape index (κ2) is 5.91. The number of fused-ring (bicyclic) bond motifs is 1. The van der Waals surface area contributed by atoms with E-state index >= 15 is 0 Å². The molecule has 0 unspecified atom stereocenters. The molecule has 118 valence electrons. The van der Waals surface area contributed by atoms with E-state index in [1.54, 1.807) is 34.8 Å². The van der Waals surface area contributed by atoms with Crippen molar-refractivity contribution < 1.29 is 9.53 Å². The van der Waals surface area contributed by atoms with Gasteiger partial charge in [-0.25, -0.2) is 9.97 Å². The first-order chi connectivity index (χ1) is 11.7. The molecule has 0 radical (unpaired) electrons. The second-order valence-electron chi connectivity index (χ2n) is 5.45. The van der Waals surface area contributed by atoms with Crippen LogP contribution in [0.15, 0.2) is 42.0 Å². The minimum absolute atomic E-state index is 0.0216. The number of pyridine rings is 1. The lowest BCUT2D eigenvalue weighted by molar-refractivity contribution is 0.0159. The fourth-order valence-corrected chi connectivity index (χ4v) is 3.29. The van der Waals surface area contributed by atoms with Crippen LogP contribution in [-0.2, 0) is 0 Å². The molecule has 1 saturated heterocycles. The fourth-order valence-electron chi connectivity index (χ4n) is 2.58. The van der Waals surface area contributed by atoms with Crippen LogP contribution in [0.5, 0.6) is 5.88 Å². The van der Waals surface area contributed by atoms with E-state index in [1.165, 1.54) is 11.3 Å². The maximum atomic E-state index is 12.5. The second-order valence-corrected chi connectivity index (χ2v) is 6.34. The summed E-state index contributed by atoms with van der Waals surface area (Å²) in [4.78, 5) is 22.5. The summed E-state index contributed by atoms with van der Waals surface area (Å²) in [6.45, 7) is 0.974. The van der Waals surface area contributed by atoms with Crippen molar-refractivity contribution in [2.75, 3.05) is 13.1 Å². The van der Waals surface area contributed by atoms with Crippen LogP contribution in [0.2, 0.25) is 0 Å². The highest BCUT2D eigenvalue weighted by atomic mass is 32.1. The number of hydrogen-bond acceptors (Lipinski definition) is 6. The molecule has 4 rings (SSSR count). The summed E-state index contributed by atoms with van der Waals surface area (Å²) in [5.41, 5.74) is 3.73. The standard InChI is InChI=1S/C17H12N4O2S/c18-7-12-2-1-5-19-16(12)23-13-8-21(9-13)17(22)11-3-4-14-15(6-11)24-10-20-14/h1-6,10,13H,8-9H2. The van der Waals surface area contributed by atoms with Crippen LogP contribution < -0.4 is 4.74 Å². The molecular weight excluding hydrogens is 324 g/mol. The zero-order chi connectivity index (χ0) is 16.5. The highest BCUT2D eigenvalue weighted by Crippen LogP contribution is 2.23.